The van der Waals surface area contributed by atoms with Crippen molar-refractivity contribution in [2.24, 2.45) is 5.92 Å². The van der Waals surface area contributed by atoms with Crippen molar-refractivity contribution >= 4 is 11.8 Å². The average Bonchev–Trinajstić information content (AvgIpc) is 2.33. The van der Waals surface area contributed by atoms with Crippen LogP contribution in [0.1, 0.15) is 59.8 Å². The van der Waals surface area contributed by atoms with Crippen LogP contribution in [0.15, 0.2) is 0 Å². The molecule has 0 radical (unpaired) electrons. The normalized spacial score (nSPS) is 32.2. The van der Waals surface area contributed by atoms with Gasteiger partial charge in [0.25, 0.3) is 0 Å². The molecule has 18 heavy (non-hydrogen) atoms. The minimum absolute atomic E-state index is 0.205. The molecule has 1 saturated carbocycles. The summed E-state index contributed by atoms with van der Waals surface area (Å²) >= 11 is 1.99. The summed E-state index contributed by atoms with van der Waals surface area (Å²) in [6, 6.07) is 0.648. The van der Waals surface area contributed by atoms with E-state index in [0.717, 1.165) is 12.5 Å². The molecule has 1 aliphatic carbocycles. The van der Waals surface area contributed by atoms with Gasteiger partial charge in [0.1, 0.15) is 0 Å². The van der Waals surface area contributed by atoms with Crippen molar-refractivity contribution in [1.82, 2.24) is 5.32 Å². The van der Waals surface area contributed by atoms with Gasteiger partial charge in [-0.1, -0.05) is 33.6 Å². The molecule has 0 amide bonds. The molecule has 0 saturated heterocycles. The molecule has 5 atom stereocenters. The number of hydrogen-bond acceptors (Lipinski definition) is 3. The van der Waals surface area contributed by atoms with E-state index in [-0.39, 0.29) is 6.10 Å². The van der Waals surface area contributed by atoms with Gasteiger partial charge >= 0.3 is 0 Å². The van der Waals surface area contributed by atoms with E-state index in [0.29, 0.717) is 16.5 Å². The van der Waals surface area contributed by atoms with Crippen LogP contribution in [0.4, 0.5) is 0 Å². The smallest absolute Gasteiger partial charge is 0.0628 e. The quantitative estimate of drug-likeness (QED) is 0.745. The molecule has 1 fully saturated rings. The Bertz CT molecular complexity index is 223. The zero-order valence-electron chi connectivity index (χ0n) is 12.5. The SMILES string of the molecule is CCCC1CCC(NCC)C(SC(C)C(C)O)C1. The highest BCUT2D eigenvalue weighted by molar-refractivity contribution is 8.00. The van der Waals surface area contributed by atoms with E-state index in [1.54, 1.807) is 0 Å². The molecule has 1 rings (SSSR count). The molecule has 2 N–H and O–H groups in total. The van der Waals surface area contributed by atoms with Crippen molar-refractivity contribution in [2.45, 2.75) is 82.4 Å². The molecular formula is C15H31NOS. The summed E-state index contributed by atoms with van der Waals surface area (Å²) in [4.78, 5) is 0. The second kappa shape index (κ2) is 8.44. The number of aliphatic hydroxyl groups is 1. The summed E-state index contributed by atoms with van der Waals surface area (Å²) < 4.78 is 0. The third-order valence-corrected chi connectivity index (χ3v) is 5.83. The van der Waals surface area contributed by atoms with Gasteiger partial charge in [-0.2, -0.15) is 11.8 Å². The van der Waals surface area contributed by atoms with Gasteiger partial charge < -0.3 is 10.4 Å². The van der Waals surface area contributed by atoms with Crippen LogP contribution in [-0.4, -0.2) is 34.3 Å². The van der Waals surface area contributed by atoms with Crippen LogP contribution in [0.5, 0.6) is 0 Å². The molecule has 0 bridgehead atoms. The lowest BCUT2D eigenvalue weighted by atomic mass is 9.83. The van der Waals surface area contributed by atoms with Gasteiger partial charge in [0.2, 0.25) is 0 Å². The van der Waals surface area contributed by atoms with E-state index >= 15 is 0 Å². The van der Waals surface area contributed by atoms with Gasteiger partial charge in [0.05, 0.1) is 6.10 Å². The molecule has 0 heterocycles. The standard InChI is InChI=1S/C15H31NOS/c1-5-7-13-8-9-14(16-6-2)15(10-13)18-12(4)11(3)17/h11-17H,5-10H2,1-4H3. The van der Waals surface area contributed by atoms with Crippen LogP contribution in [0, 0.1) is 5.92 Å². The van der Waals surface area contributed by atoms with Crippen molar-refractivity contribution in [3.63, 3.8) is 0 Å². The Morgan fingerprint density at radius 2 is 2.00 bits per heavy atom. The average molecular weight is 273 g/mol. The zero-order chi connectivity index (χ0) is 13.5. The van der Waals surface area contributed by atoms with Gasteiger partial charge in [-0.05, 0) is 38.6 Å². The van der Waals surface area contributed by atoms with E-state index in [1.165, 1.54) is 32.1 Å². The van der Waals surface area contributed by atoms with Gasteiger partial charge in [-0.3, -0.25) is 0 Å². The monoisotopic (exact) mass is 273 g/mol. The maximum absolute atomic E-state index is 9.70. The highest BCUT2D eigenvalue weighted by Gasteiger charge is 2.31. The molecule has 108 valence electrons. The second-order valence-corrected chi connectivity index (χ2v) is 7.37. The topological polar surface area (TPSA) is 32.3 Å². The van der Waals surface area contributed by atoms with Gasteiger partial charge in [0.15, 0.2) is 0 Å². The van der Waals surface area contributed by atoms with E-state index in [1.807, 2.05) is 18.7 Å². The minimum Gasteiger partial charge on any atom is -0.392 e. The Hall–Kier alpha value is 0.270. The molecule has 2 nitrogen and oxygen atoms in total. The van der Waals surface area contributed by atoms with Crippen LogP contribution in [-0.2, 0) is 0 Å². The Labute approximate surface area is 117 Å². The van der Waals surface area contributed by atoms with Crippen molar-refractivity contribution in [3.05, 3.63) is 0 Å². The number of nitrogens with one attached hydrogen (secondary N) is 1. The number of hydrogen-bond donors (Lipinski definition) is 2. The number of rotatable bonds is 7. The molecule has 0 aliphatic heterocycles. The maximum Gasteiger partial charge on any atom is 0.0628 e. The van der Waals surface area contributed by atoms with Gasteiger partial charge in [0, 0.05) is 16.5 Å². The lowest BCUT2D eigenvalue weighted by molar-refractivity contribution is 0.195. The van der Waals surface area contributed by atoms with E-state index < -0.39 is 0 Å². The predicted octanol–water partition coefficient (Wildman–Crippen LogP) is 3.44. The highest BCUT2D eigenvalue weighted by atomic mass is 32.2. The van der Waals surface area contributed by atoms with Crippen molar-refractivity contribution < 1.29 is 5.11 Å². The first-order valence-corrected chi connectivity index (χ1v) is 8.59. The first-order chi connectivity index (χ1) is 8.58. The van der Waals surface area contributed by atoms with Crippen LogP contribution >= 0.6 is 11.8 Å². The first kappa shape index (κ1) is 16.3. The highest BCUT2D eigenvalue weighted by Crippen LogP contribution is 2.37. The van der Waals surface area contributed by atoms with Gasteiger partial charge in [-0.15, -0.1) is 0 Å². The fourth-order valence-electron chi connectivity index (χ4n) is 2.92. The Morgan fingerprint density at radius 3 is 2.56 bits per heavy atom. The van der Waals surface area contributed by atoms with Crippen molar-refractivity contribution in [3.8, 4) is 0 Å². The molecule has 3 heteroatoms. The molecule has 0 aromatic heterocycles. The Morgan fingerprint density at radius 1 is 1.28 bits per heavy atom. The molecule has 1 aliphatic rings. The third kappa shape index (κ3) is 5.10. The van der Waals surface area contributed by atoms with Crippen LogP contribution in [0.2, 0.25) is 0 Å². The lowest BCUT2D eigenvalue weighted by Crippen LogP contribution is -2.43. The minimum atomic E-state index is -0.205. The lowest BCUT2D eigenvalue weighted by Gasteiger charge is -2.38. The van der Waals surface area contributed by atoms with Crippen molar-refractivity contribution in [1.29, 1.82) is 0 Å². The maximum atomic E-state index is 9.70. The van der Waals surface area contributed by atoms with Crippen LogP contribution in [0.3, 0.4) is 0 Å². The summed E-state index contributed by atoms with van der Waals surface area (Å²) in [5.74, 6) is 0.906. The number of aliphatic hydroxyl groups excluding tert-OH is 1. The van der Waals surface area contributed by atoms with Crippen LogP contribution < -0.4 is 5.32 Å². The fraction of sp³-hybridized carbons (Fsp3) is 1.00. The van der Waals surface area contributed by atoms with Crippen LogP contribution in [0.25, 0.3) is 0 Å². The summed E-state index contributed by atoms with van der Waals surface area (Å²) in [6.45, 7) is 9.60. The summed E-state index contributed by atoms with van der Waals surface area (Å²) in [5, 5.41) is 14.4. The predicted molar refractivity (Wildman–Crippen MR) is 82.2 cm³/mol. The second-order valence-electron chi connectivity index (χ2n) is 5.75. The Kier molecular flexibility index (Phi) is 7.66. The largest absolute Gasteiger partial charge is 0.392 e. The summed E-state index contributed by atoms with van der Waals surface area (Å²) in [5.41, 5.74) is 0. The van der Waals surface area contributed by atoms with E-state index in [4.69, 9.17) is 0 Å². The first-order valence-electron chi connectivity index (χ1n) is 7.65. The van der Waals surface area contributed by atoms with E-state index in [2.05, 4.69) is 26.1 Å². The molecule has 5 unspecified atom stereocenters. The van der Waals surface area contributed by atoms with Crippen molar-refractivity contribution in [2.75, 3.05) is 6.54 Å². The molecular weight excluding hydrogens is 242 g/mol. The molecule has 0 aromatic rings. The third-order valence-electron chi connectivity index (χ3n) is 4.13. The fourth-order valence-corrected chi connectivity index (χ4v) is 4.50. The summed E-state index contributed by atoms with van der Waals surface area (Å²) in [7, 11) is 0. The van der Waals surface area contributed by atoms with E-state index in [9.17, 15) is 5.11 Å². The summed E-state index contributed by atoms with van der Waals surface area (Å²) in [6.07, 6.45) is 6.49. The zero-order valence-corrected chi connectivity index (χ0v) is 13.3. The molecule has 0 aromatic carbocycles. The molecule has 0 spiro atoms. The number of thioether (sulfide) groups is 1. The Balaban J connectivity index is 2.54. The van der Waals surface area contributed by atoms with Gasteiger partial charge in [-0.25, -0.2) is 0 Å².